The molecule has 4 aromatic rings. The van der Waals surface area contributed by atoms with Gasteiger partial charge in [0.05, 0.1) is 5.39 Å². The van der Waals surface area contributed by atoms with E-state index in [2.05, 4.69) is 24.8 Å². The lowest BCUT2D eigenvalue weighted by atomic mass is 10.0. The van der Waals surface area contributed by atoms with E-state index < -0.39 is 0 Å². The van der Waals surface area contributed by atoms with Crippen molar-refractivity contribution in [2.75, 3.05) is 0 Å². The molecule has 0 radical (unpaired) electrons. The fraction of sp³-hybridized carbons (Fsp3) is 0.0800. The first kappa shape index (κ1) is 16.9. The summed E-state index contributed by atoms with van der Waals surface area (Å²) in [6, 6.07) is 27.6. The van der Waals surface area contributed by atoms with Crippen molar-refractivity contribution in [3.63, 3.8) is 0 Å². The Bertz CT molecular complexity index is 1210. The molecule has 1 heterocycles. The molecule has 3 aromatic carbocycles. The van der Waals surface area contributed by atoms with Crippen molar-refractivity contribution in [2.24, 2.45) is 0 Å². The van der Waals surface area contributed by atoms with Crippen molar-refractivity contribution in [2.45, 2.75) is 13.3 Å². The third-order valence-electron chi connectivity index (χ3n) is 4.61. The quantitative estimate of drug-likeness (QED) is 0.469. The van der Waals surface area contributed by atoms with Crippen LogP contribution in [0.2, 0.25) is 0 Å². The molecule has 0 saturated heterocycles. The Balaban J connectivity index is 1.98. The normalized spacial score (nSPS) is 10.4. The van der Waals surface area contributed by atoms with Crippen LogP contribution in [0.1, 0.15) is 23.7 Å². The highest BCUT2D eigenvalue weighted by molar-refractivity contribution is 5.88. The fourth-order valence-corrected chi connectivity index (χ4v) is 3.30. The van der Waals surface area contributed by atoms with Crippen molar-refractivity contribution in [3.8, 4) is 17.5 Å². The lowest BCUT2D eigenvalue weighted by Gasteiger charge is -2.14. The van der Waals surface area contributed by atoms with Gasteiger partial charge in [0.1, 0.15) is 0 Å². The number of rotatable bonds is 2. The highest BCUT2D eigenvalue weighted by Gasteiger charge is 2.12. The molecule has 1 aromatic heterocycles. The lowest BCUT2D eigenvalue weighted by molar-refractivity contribution is 0.889. The van der Waals surface area contributed by atoms with Crippen LogP contribution in [0.5, 0.6) is 0 Å². The molecule has 2 nitrogen and oxygen atoms in total. The predicted octanol–water partition coefficient (Wildman–Crippen LogP) is 4.95. The van der Waals surface area contributed by atoms with Crippen LogP contribution in [-0.2, 0) is 6.42 Å². The molecule has 4 rings (SSSR count). The highest BCUT2D eigenvalue weighted by atomic mass is 16.1. The van der Waals surface area contributed by atoms with Gasteiger partial charge >= 0.3 is 0 Å². The predicted molar refractivity (Wildman–Crippen MR) is 111 cm³/mol. The summed E-state index contributed by atoms with van der Waals surface area (Å²) in [4.78, 5) is 13.4. The van der Waals surface area contributed by atoms with Gasteiger partial charge < -0.3 is 0 Å². The van der Waals surface area contributed by atoms with Gasteiger partial charge in [0.25, 0.3) is 5.56 Å². The molecule has 0 saturated carbocycles. The van der Waals surface area contributed by atoms with Gasteiger partial charge in [0.15, 0.2) is 0 Å². The van der Waals surface area contributed by atoms with E-state index >= 15 is 0 Å². The number of para-hydroxylation sites is 1. The molecule has 27 heavy (non-hydrogen) atoms. The Kier molecular flexibility index (Phi) is 4.60. The number of fused-ring (bicyclic) bond motifs is 1. The molecular weight excluding hydrogens is 330 g/mol. The molecule has 0 spiro atoms. The van der Waals surface area contributed by atoms with E-state index in [1.165, 1.54) is 0 Å². The van der Waals surface area contributed by atoms with Crippen molar-refractivity contribution >= 4 is 10.8 Å². The molecule has 0 N–H and O–H groups in total. The monoisotopic (exact) mass is 349 g/mol. The van der Waals surface area contributed by atoms with Crippen LogP contribution in [0.4, 0.5) is 0 Å². The van der Waals surface area contributed by atoms with E-state index in [4.69, 9.17) is 0 Å². The topological polar surface area (TPSA) is 22.0 Å². The maximum Gasteiger partial charge on any atom is 0.264 e. The fourth-order valence-electron chi connectivity index (χ4n) is 3.30. The molecule has 0 amide bonds. The zero-order valence-corrected chi connectivity index (χ0v) is 15.1. The standard InChI is InChI=1S/C25H19NO/c1-2-22-18-21-13-9-12-20(17-16-19-10-5-3-6-11-19)24(21)25(27)26(22)23-14-7-4-8-15-23/h3-15,18H,2H2,1H3. The van der Waals surface area contributed by atoms with Crippen LogP contribution < -0.4 is 5.56 Å². The second kappa shape index (κ2) is 7.35. The van der Waals surface area contributed by atoms with E-state index in [1.807, 2.05) is 78.9 Å². The van der Waals surface area contributed by atoms with Gasteiger partial charge in [-0.15, -0.1) is 0 Å². The summed E-state index contributed by atoms with van der Waals surface area (Å²) in [5.41, 5.74) is 3.55. The maximum atomic E-state index is 13.4. The molecule has 0 bridgehead atoms. The van der Waals surface area contributed by atoms with Crippen LogP contribution >= 0.6 is 0 Å². The number of pyridine rings is 1. The summed E-state index contributed by atoms with van der Waals surface area (Å²) in [7, 11) is 0. The van der Waals surface area contributed by atoms with Crippen molar-refractivity contribution in [3.05, 3.63) is 112 Å². The SMILES string of the molecule is CCc1cc2cccc(C#Cc3ccccc3)c2c(=O)n1-c1ccccc1. The van der Waals surface area contributed by atoms with Gasteiger partial charge in [-0.1, -0.05) is 67.3 Å². The number of aromatic nitrogens is 1. The van der Waals surface area contributed by atoms with Gasteiger partial charge in [0, 0.05) is 22.5 Å². The zero-order valence-electron chi connectivity index (χ0n) is 15.1. The van der Waals surface area contributed by atoms with E-state index in [9.17, 15) is 4.79 Å². The molecule has 0 fully saturated rings. The van der Waals surface area contributed by atoms with Gasteiger partial charge in [-0.2, -0.15) is 0 Å². The number of hydrogen-bond acceptors (Lipinski definition) is 1. The molecule has 0 aliphatic carbocycles. The Hall–Kier alpha value is -3.57. The summed E-state index contributed by atoms with van der Waals surface area (Å²) in [5.74, 6) is 6.37. The largest absolute Gasteiger partial charge is 0.281 e. The summed E-state index contributed by atoms with van der Waals surface area (Å²) >= 11 is 0. The van der Waals surface area contributed by atoms with Gasteiger partial charge in [-0.25, -0.2) is 0 Å². The van der Waals surface area contributed by atoms with E-state index in [0.29, 0.717) is 5.39 Å². The molecule has 0 aliphatic heterocycles. The summed E-state index contributed by atoms with van der Waals surface area (Å²) in [5, 5.41) is 1.60. The Morgan fingerprint density at radius 2 is 1.52 bits per heavy atom. The highest BCUT2D eigenvalue weighted by Crippen LogP contribution is 2.19. The third kappa shape index (κ3) is 3.28. The third-order valence-corrected chi connectivity index (χ3v) is 4.61. The summed E-state index contributed by atoms with van der Waals surface area (Å²) in [6.45, 7) is 2.07. The van der Waals surface area contributed by atoms with Gasteiger partial charge in [-0.05, 0) is 48.2 Å². The molecule has 130 valence electrons. The first-order valence-electron chi connectivity index (χ1n) is 9.08. The Morgan fingerprint density at radius 3 is 2.22 bits per heavy atom. The van der Waals surface area contributed by atoms with Crippen LogP contribution in [0.15, 0.2) is 89.7 Å². The lowest BCUT2D eigenvalue weighted by Crippen LogP contribution is -2.22. The number of aryl methyl sites for hydroxylation is 1. The minimum atomic E-state index is -0.0199. The van der Waals surface area contributed by atoms with Crippen molar-refractivity contribution in [1.29, 1.82) is 0 Å². The van der Waals surface area contributed by atoms with Gasteiger partial charge in [0.2, 0.25) is 0 Å². The molecule has 2 heteroatoms. The first-order chi connectivity index (χ1) is 13.3. The van der Waals surface area contributed by atoms with Crippen LogP contribution in [0.3, 0.4) is 0 Å². The average molecular weight is 349 g/mol. The van der Waals surface area contributed by atoms with Crippen LogP contribution in [-0.4, -0.2) is 4.57 Å². The number of benzene rings is 3. The Labute approximate surface area is 158 Å². The van der Waals surface area contributed by atoms with Gasteiger partial charge in [-0.3, -0.25) is 9.36 Å². The molecule has 0 aliphatic rings. The van der Waals surface area contributed by atoms with E-state index in [1.54, 1.807) is 4.57 Å². The van der Waals surface area contributed by atoms with Crippen LogP contribution in [0, 0.1) is 11.8 Å². The van der Waals surface area contributed by atoms with Crippen molar-refractivity contribution in [1.82, 2.24) is 4.57 Å². The zero-order chi connectivity index (χ0) is 18.6. The second-order valence-electron chi connectivity index (χ2n) is 6.35. The average Bonchev–Trinajstić information content (AvgIpc) is 2.73. The minimum absolute atomic E-state index is 0.0199. The molecular formula is C25H19NO. The first-order valence-corrected chi connectivity index (χ1v) is 9.08. The molecule has 0 atom stereocenters. The smallest absolute Gasteiger partial charge is 0.264 e. The van der Waals surface area contributed by atoms with Crippen molar-refractivity contribution < 1.29 is 0 Å². The number of nitrogens with zero attached hydrogens (tertiary/aromatic N) is 1. The minimum Gasteiger partial charge on any atom is -0.281 e. The second-order valence-corrected chi connectivity index (χ2v) is 6.35. The molecule has 0 unspecified atom stereocenters. The summed E-state index contributed by atoms with van der Waals surface area (Å²) < 4.78 is 1.80. The van der Waals surface area contributed by atoms with E-state index in [-0.39, 0.29) is 5.56 Å². The maximum absolute atomic E-state index is 13.4. The van der Waals surface area contributed by atoms with Crippen LogP contribution in [0.25, 0.3) is 16.5 Å². The van der Waals surface area contributed by atoms with E-state index in [0.717, 1.165) is 34.3 Å². The number of hydrogen-bond donors (Lipinski definition) is 0. The summed E-state index contributed by atoms with van der Waals surface area (Å²) in [6.07, 6.45) is 0.778. The Morgan fingerprint density at radius 1 is 0.815 bits per heavy atom.